The van der Waals surface area contributed by atoms with E-state index >= 15 is 0 Å². The molecule has 1 aliphatic rings. The molecule has 8 heteroatoms. The van der Waals surface area contributed by atoms with Crippen molar-refractivity contribution in [2.45, 2.75) is 31.6 Å². The van der Waals surface area contributed by atoms with Crippen molar-refractivity contribution >= 4 is 21.6 Å². The average Bonchev–Trinajstić information content (AvgIpc) is 2.41. The summed E-state index contributed by atoms with van der Waals surface area (Å²) >= 11 is 0. The van der Waals surface area contributed by atoms with Gasteiger partial charge in [-0.05, 0) is 32.9 Å². The number of anilines is 1. The van der Waals surface area contributed by atoms with Gasteiger partial charge in [0.2, 0.25) is 0 Å². The third-order valence-corrected chi connectivity index (χ3v) is 6.48. The minimum absolute atomic E-state index is 0.0881. The van der Waals surface area contributed by atoms with Gasteiger partial charge in [-0.15, -0.1) is 0 Å². The topological polar surface area (TPSA) is 84.5 Å². The molecule has 2 amide bonds. The highest BCUT2D eigenvalue weighted by Gasteiger charge is 2.54. The Morgan fingerprint density at radius 3 is 2.68 bits per heavy atom. The molecule has 1 heterocycles. The molecule has 1 saturated heterocycles. The minimum Gasteiger partial charge on any atom is -0.492 e. The predicted molar refractivity (Wildman–Crippen MR) is 81.4 cm³/mol. The number of benzene rings is 1. The maximum Gasteiger partial charge on any atom is 0.319 e. The highest BCUT2D eigenvalue weighted by molar-refractivity contribution is 7.94. The van der Waals surface area contributed by atoms with Crippen LogP contribution in [-0.4, -0.2) is 37.6 Å². The Labute approximate surface area is 129 Å². The van der Waals surface area contributed by atoms with Crippen molar-refractivity contribution in [2.24, 2.45) is 0 Å². The van der Waals surface area contributed by atoms with Gasteiger partial charge in [-0.2, -0.15) is 0 Å². The van der Waals surface area contributed by atoms with Crippen LogP contribution in [0.15, 0.2) is 18.2 Å². The summed E-state index contributed by atoms with van der Waals surface area (Å²) in [5.41, 5.74) is 0.320. The third-order valence-electron chi connectivity index (χ3n) is 3.82. The normalized spacial score (nSPS) is 21.5. The lowest BCUT2D eigenvalue weighted by Crippen LogP contribution is -2.67. The number of nitrogens with one attached hydrogen (secondary N) is 2. The van der Waals surface area contributed by atoms with Gasteiger partial charge in [0.15, 0.2) is 9.84 Å². The second kappa shape index (κ2) is 5.75. The van der Waals surface area contributed by atoms with Crippen LogP contribution in [-0.2, 0) is 9.84 Å². The lowest BCUT2D eigenvalue weighted by atomic mass is 10.0. The fourth-order valence-corrected chi connectivity index (χ4v) is 3.81. The predicted octanol–water partition coefficient (Wildman–Crippen LogP) is 1.92. The summed E-state index contributed by atoms with van der Waals surface area (Å²) in [4.78, 5) is 12.0. The Morgan fingerprint density at radius 1 is 1.45 bits per heavy atom. The van der Waals surface area contributed by atoms with Crippen molar-refractivity contribution in [3.8, 4) is 5.75 Å². The Hall–Kier alpha value is -1.83. The van der Waals surface area contributed by atoms with Gasteiger partial charge in [-0.3, -0.25) is 0 Å². The van der Waals surface area contributed by atoms with Crippen LogP contribution in [0.1, 0.15) is 20.8 Å². The molecule has 2 rings (SSSR count). The van der Waals surface area contributed by atoms with Crippen LogP contribution in [0.4, 0.5) is 14.9 Å². The van der Waals surface area contributed by atoms with E-state index in [1.54, 1.807) is 20.8 Å². The maximum atomic E-state index is 13.2. The van der Waals surface area contributed by atoms with Crippen molar-refractivity contribution in [3.63, 3.8) is 0 Å². The smallest absolute Gasteiger partial charge is 0.319 e. The number of halogens is 1. The molecule has 22 heavy (non-hydrogen) atoms. The molecule has 1 aromatic carbocycles. The van der Waals surface area contributed by atoms with Crippen LogP contribution >= 0.6 is 0 Å². The molecule has 0 spiro atoms. The average molecular weight is 330 g/mol. The second-order valence-electron chi connectivity index (χ2n) is 5.61. The van der Waals surface area contributed by atoms with Gasteiger partial charge in [-0.1, -0.05) is 0 Å². The molecule has 1 aromatic rings. The summed E-state index contributed by atoms with van der Waals surface area (Å²) in [6.45, 7) is 5.21. The molecule has 0 radical (unpaired) electrons. The SMILES string of the molecule is CCOc1cc(F)ccc1NC(=O)N[C@H]1CS(=O)(=O)C1(C)C. The van der Waals surface area contributed by atoms with E-state index in [4.69, 9.17) is 4.74 Å². The largest absolute Gasteiger partial charge is 0.492 e. The molecular weight excluding hydrogens is 311 g/mol. The number of hydrogen-bond donors (Lipinski definition) is 2. The van der Waals surface area contributed by atoms with Crippen LogP contribution in [0.2, 0.25) is 0 Å². The molecular formula is C14H19FN2O4S. The number of carbonyl (C=O) groups excluding carboxylic acids is 1. The van der Waals surface area contributed by atoms with Crippen molar-refractivity contribution in [1.82, 2.24) is 5.32 Å². The summed E-state index contributed by atoms with van der Waals surface area (Å²) in [6, 6.07) is 2.75. The first kappa shape index (κ1) is 16.5. The van der Waals surface area contributed by atoms with Gasteiger partial charge in [-0.25, -0.2) is 17.6 Å². The van der Waals surface area contributed by atoms with E-state index in [0.717, 1.165) is 0 Å². The lowest BCUT2D eigenvalue weighted by molar-refractivity contribution is 0.244. The second-order valence-corrected chi connectivity index (χ2v) is 8.22. The summed E-state index contributed by atoms with van der Waals surface area (Å²) in [7, 11) is -3.17. The Balaban J connectivity index is 2.05. The molecule has 0 saturated carbocycles. The van der Waals surface area contributed by atoms with E-state index in [-0.39, 0.29) is 11.5 Å². The van der Waals surface area contributed by atoms with Gasteiger partial charge in [0.1, 0.15) is 11.6 Å². The van der Waals surface area contributed by atoms with Gasteiger partial charge in [0.05, 0.1) is 28.8 Å². The Morgan fingerprint density at radius 2 is 2.14 bits per heavy atom. The number of urea groups is 1. The first-order valence-corrected chi connectivity index (χ1v) is 8.55. The zero-order chi connectivity index (χ0) is 16.5. The van der Waals surface area contributed by atoms with Gasteiger partial charge in [0, 0.05) is 6.07 Å². The summed E-state index contributed by atoms with van der Waals surface area (Å²) in [5.74, 6) is -0.339. The summed E-state index contributed by atoms with van der Waals surface area (Å²) in [6.07, 6.45) is 0. The fourth-order valence-electron chi connectivity index (χ4n) is 2.16. The van der Waals surface area contributed by atoms with Crippen LogP contribution in [0.3, 0.4) is 0 Å². The quantitative estimate of drug-likeness (QED) is 0.883. The number of hydrogen-bond acceptors (Lipinski definition) is 4. The number of carbonyl (C=O) groups is 1. The number of ether oxygens (including phenoxy) is 1. The molecule has 1 fully saturated rings. The maximum absolute atomic E-state index is 13.2. The summed E-state index contributed by atoms with van der Waals surface area (Å²) in [5, 5.41) is 5.17. The highest BCUT2D eigenvalue weighted by Crippen LogP contribution is 2.33. The molecule has 6 nitrogen and oxygen atoms in total. The molecule has 2 N–H and O–H groups in total. The van der Waals surface area contributed by atoms with E-state index in [1.807, 2.05) is 0 Å². The Bertz CT molecular complexity index is 688. The Kier molecular flexibility index (Phi) is 4.32. The third kappa shape index (κ3) is 3.01. The zero-order valence-electron chi connectivity index (χ0n) is 12.6. The zero-order valence-corrected chi connectivity index (χ0v) is 13.5. The molecule has 122 valence electrons. The van der Waals surface area contributed by atoms with Crippen LogP contribution in [0.5, 0.6) is 5.75 Å². The minimum atomic E-state index is -3.17. The fraction of sp³-hybridized carbons (Fsp3) is 0.500. The van der Waals surface area contributed by atoms with Gasteiger partial charge >= 0.3 is 6.03 Å². The molecule has 0 aromatic heterocycles. The van der Waals surface area contributed by atoms with Crippen molar-refractivity contribution in [1.29, 1.82) is 0 Å². The summed E-state index contributed by atoms with van der Waals surface area (Å²) < 4.78 is 40.7. The monoisotopic (exact) mass is 330 g/mol. The van der Waals surface area contributed by atoms with E-state index in [9.17, 15) is 17.6 Å². The number of rotatable bonds is 4. The van der Waals surface area contributed by atoms with Gasteiger partial charge < -0.3 is 15.4 Å². The first-order chi connectivity index (χ1) is 10.2. The van der Waals surface area contributed by atoms with Crippen LogP contribution < -0.4 is 15.4 Å². The number of amides is 2. The van der Waals surface area contributed by atoms with E-state index in [0.29, 0.717) is 12.3 Å². The van der Waals surface area contributed by atoms with E-state index < -0.39 is 32.5 Å². The standard InChI is InChI=1S/C14H19FN2O4S/c1-4-21-11-7-9(15)5-6-10(11)16-13(18)17-12-8-22(19,20)14(12,2)3/h5-7,12H,4,8H2,1-3H3,(H2,16,17,18)/t12-/m0/s1. The van der Waals surface area contributed by atoms with Gasteiger partial charge in [0.25, 0.3) is 0 Å². The molecule has 0 aliphatic carbocycles. The van der Waals surface area contributed by atoms with Crippen LogP contribution in [0, 0.1) is 5.82 Å². The van der Waals surface area contributed by atoms with Crippen molar-refractivity contribution in [2.75, 3.05) is 17.7 Å². The molecule has 0 unspecified atom stereocenters. The highest BCUT2D eigenvalue weighted by atomic mass is 32.2. The van der Waals surface area contributed by atoms with E-state index in [1.165, 1.54) is 18.2 Å². The molecule has 1 atom stereocenters. The first-order valence-electron chi connectivity index (χ1n) is 6.89. The van der Waals surface area contributed by atoms with Crippen LogP contribution in [0.25, 0.3) is 0 Å². The van der Waals surface area contributed by atoms with Crippen molar-refractivity contribution < 1.29 is 22.3 Å². The van der Waals surface area contributed by atoms with Crippen molar-refractivity contribution in [3.05, 3.63) is 24.0 Å². The van der Waals surface area contributed by atoms with E-state index in [2.05, 4.69) is 10.6 Å². The molecule has 1 aliphatic heterocycles. The number of sulfone groups is 1. The lowest BCUT2D eigenvalue weighted by Gasteiger charge is -2.43. The molecule has 0 bridgehead atoms.